The van der Waals surface area contributed by atoms with E-state index in [0.29, 0.717) is 5.02 Å². The number of halogens is 2. The molecule has 0 bridgehead atoms. The van der Waals surface area contributed by atoms with Gasteiger partial charge >= 0.3 is 5.97 Å². The lowest BCUT2D eigenvalue weighted by molar-refractivity contribution is -0.119. The van der Waals surface area contributed by atoms with E-state index in [1.54, 1.807) is 0 Å². The topological polar surface area (TPSA) is 55.4 Å². The number of ether oxygens (including phenoxy) is 1. The summed E-state index contributed by atoms with van der Waals surface area (Å²) in [5.41, 5.74) is 2.84. The Morgan fingerprint density at radius 1 is 1.04 bits per heavy atom. The van der Waals surface area contributed by atoms with Crippen LogP contribution in [0.4, 0.5) is 5.69 Å². The van der Waals surface area contributed by atoms with Gasteiger partial charge in [0.05, 0.1) is 15.6 Å². The standard InChI is InChI=1S/C17H15Cl2NO3/c1-10-4-3-5-11(2)16(10)20-15(21)9-23-17(22)12-6-7-13(18)14(19)8-12/h3-8H,9H2,1-2H3,(H,20,21). The summed E-state index contributed by atoms with van der Waals surface area (Å²) >= 11 is 11.6. The summed E-state index contributed by atoms with van der Waals surface area (Å²) in [6.45, 7) is 3.40. The molecule has 2 rings (SSSR count). The average Bonchev–Trinajstić information content (AvgIpc) is 2.51. The van der Waals surface area contributed by atoms with Crippen LogP contribution in [0, 0.1) is 13.8 Å². The molecular weight excluding hydrogens is 337 g/mol. The fraction of sp³-hybridized carbons (Fsp3) is 0.176. The van der Waals surface area contributed by atoms with Crippen LogP contribution < -0.4 is 5.32 Å². The van der Waals surface area contributed by atoms with Crippen molar-refractivity contribution in [2.75, 3.05) is 11.9 Å². The lowest BCUT2D eigenvalue weighted by atomic mass is 10.1. The molecular formula is C17H15Cl2NO3. The molecule has 2 aromatic rings. The smallest absolute Gasteiger partial charge is 0.338 e. The molecule has 0 aromatic heterocycles. The molecule has 0 aliphatic carbocycles. The Hall–Kier alpha value is -2.04. The highest BCUT2D eigenvalue weighted by Gasteiger charge is 2.13. The van der Waals surface area contributed by atoms with Crippen LogP contribution >= 0.6 is 23.2 Å². The van der Waals surface area contributed by atoms with E-state index in [1.165, 1.54) is 18.2 Å². The molecule has 0 unspecified atom stereocenters. The molecule has 23 heavy (non-hydrogen) atoms. The quantitative estimate of drug-likeness (QED) is 0.830. The van der Waals surface area contributed by atoms with E-state index >= 15 is 0 Å². The lowest BCUT2D eigenvalue weighted by Crippen LogP contribution is -2.21. The molecule has 0 radical (unpaired) electrons. The highest BCUT2D eigenvalue weighted by molar-refractivity contribution is 6.42. The first-order chi connectivity index (χ1) is 10.9. The van der Waals surface area contributed by atoms with Gasteiger partial charge in [-0.1, -0.05) is 41.4 Å². The van der Waals surface area contributed by atoms with Gasteiger partial charge in [-0.25, -0.2) is 4.79 Å². The zero-order valence-electron chi connectivity index (χ0n) is 12.7. The minimum absolute atomic E-state index is 0.235. The summed E-state index contributed by atoms with van der Waals surface area (Å²) < 4.78 is 4.98. The maximum Gasteiger partial charge on any atom is 0.338 e. The number of benzene rings is 2. The van der Waals surface area contributed by atoms with E-state index in [0.717, 1.165) is 16.8 Å². The number of aryl methyl sites for hydroxylation is 2. The molecule has 0 atom stereocenters. The average molecular weight is 352 g/mol. The third-order valence-corrected chi connectivity index (χ3v) is 3.97. The highest BCUT2D eigenvalue weighted by Crippen LogP contribution is 2.23. The van der Waals surface area contributed by atoms with Crippen molar-refractivity contribution in [2.45, 2.75) is 13.8 Å². The second-order valence-corrected chi connectivity index (χ2v) is 5.83. The van der Waals surface area contributed by atoms with E-state index < -0.39 is 11.9 Å². The van der Waals surface area contributed by atoms with Crippen LogP contribution in [0.5, 0.6) is 0 Å². The first-order valence-electron chi connectivity index (χ1n) is 6.86. The van der Waals surface area contributed by atoms with E-state index in [2.05, 4.69) is 5.32 Å². The van der Waals surface area contributed by atoms with Gasteiger partial charge in [0, 0.05) is 5.69 Å². The maximum absolute atomic E-state index is 11.9. The Morgan fingerprint density at radius 2 is 1.70 bits per heavy atom. The molecule has 2 aromatic carbocycles. The van der Waals surface area contributed by atoms with E-state index in [9.17, 15) is 9.59 Å². The molecule has 1 N–H and O–H groups in total. The summed E-state index contributed by atoms with van der Waals surface area (Å²) in [6, 6.07) is 10.1. The molecule has 0 fully saturated rings. The Labute approximate surface area is 144 Å². The Morgan fingerprint density at radius 3 is 2.30 bits per heavy atom. The van der Waals surface area contributed by atoms with Crippen molar-refractivity contribution in [3.8, 4) is 0 Å². The van der Waals surface area contributed by atoms with Gasteiger partial charge in [-0.15, -0.1) is 0 Å². The summed E-state index contributed by atoms with van der Waals surface area (Å²) in [5, 5.41) is 3.34. The number of hydrogen-bond acceptors (Lipinski definition) is 3. The third-order valence-electron chi connectivity index (χ3n) is 3.24. The van der Waals surface area contributed by atoms with Crippen LogP contribution in [0.25, 0.3) is 0 Å². The fourth-order valence-corrected chi connectivity index (χ4v) is 2.32. The van der Waals surface area contributed by atoms with E-state index in [-0.39, 0.29) is 17.2 Å². The predicted octanol–water partition coefficient (Wildman–Crippen LogP) is 4.41. The first kappa shape index (κ1) is 17.3. The van der Waals surface area contributed by atoms with Crippen LogP contribution in [0.15, 0.2) is 36.4 Å². The third kappa shape index (κ3) is 4.47. The number of carbonyl (C=O) groups is 2. The van der Waals surface area contributed by atoms with Gasteiger partial charge in [0.15, 0.2) is 6.61 Å². The number of nitrogens with one attached hydrogen (secondary N) is 1. The molecule has 0 saturated heterocycles. The number of esters is 1. The SMILES string of the molecule is Cc1cccc(C)c1NC(=O)COC(=O)c1ccc(Cl)c(Cl)c1. The summed E-state index contributed by atoms with van der Waals surface area (Å²) in [5.74, 6) is -1.05. The molecule has 1 amide bonds. The number of carbonyl (C=O) groups excluding carboxylic acids is 2. The monoisotopic (exact) mass is 351 g/mol. The normalized spacial score (nSPS) is 10.3. The fourth-order valence-electron chi connectivity index (χ4n) is 2.02. The van der Waals surface area contributed by atoms with Crippen molar-refractivity contribution in [3.63, 3.8) is 0 Å². The van der Waals surface area contributed by atoms with Gasteiger partial charge in [-0.05, 0) is 43.2 Å². The molecule has 0 spiro atoms. The van der Waals surface area contributed by atoms with Gasteiger partial charge in [-0.3, -0.25) is 4.79 Å². The number of hydrogen-bond donors (Lipinski definition) is 1. The van der Waals surface area contributed by atoms with Crippen LogP contribution in [-0.4, -0.2) is 18.5 Å². The molecule has 0 aliphatic rings. The Kier molecular flexibility index (Phi) is 5.64. The zero-order valence-corrected chi connectivity index (χ0v) is 14.2. The van der Waals surface area contributed by atoms with Gasteiger partial charge in [-0.2, -0.15) is 0 Å². The molecule has 0 heterocycles. The van der Waals surface area contributed by atoms with Crippen molar-refractivity contribution in [2.24, 2.45) is 0 Å². The van der Waals surface area contributed by atoms with Crippen molar-refractivity contribution in [1.82, 2.24) is 0 Å². The minimum Gasteiger partial charge on any atom is -0.452 e. The van der Waals surface area contributed by atoms with E-state index in [1.807, 2.05) is 32.0 Å². The lowest BCUT2D eigenvalue weighted by Gasteiger charge is -2.11. The maximum atomic E-state index is 11.9. The predicted molar refractivity (Wildman–Crippen MR) is 91.3 cm³/mol. The Balaban J connectivity index is 1.96. The largest absolute Gasteiger partial charge is 0.452 e. The molecule has 0 aliphatic heterocycles. The van der Waals surface area contributed by atoms with Crippen LogP contribution in [0.3, 0.4) is 0 Å². The summed E-state index contributed by atoms with van der Waals surface area (Å²) in [4.78, 5) is 23.8. The highest BCUT2D eigenvalue weighted by atomic mass is 35.5. The van der Waals surface area contributed by atoms with Gasteiger partial charge in [0.25, 0.3) is 5.91 Å². The van der Waals surface area contributed by atoms with Crippen LogP contribution in [-0.2, 0) is 9.53 Å². The van der Waals surface area contributed by atoms with Gasteiger partial charge in [0.2, 0.25) is 0 Å². The second-order valence-electron chi connectivity index (χ2n) is 5.02. The minimum atomic E-state index is -0.639. The van der Waals surface area contributed by atoms with Crippen molar-refractivity contribution >= 4 is 40.8 Å². The number of anilines is 1. The van der Waals surface area contributed by atoms with Crippen molar-refractivity contribution in [1.29, 1.82) is 0 Å². The first-order valence-corrected chi connectivity index (χ1v) is 7.62. The van der Waals surface area contributed by atoms with Crippen molar-refractivity contribution < 1.29 is 14.3 Å². The van der Waals surface area contributed by atoms with Crippen LogP contribution in [0.1, 0.15) is 21.5 Å². The molecule has 120 valence electrons. The van der Waals surface area contributed by atoms with Gasteiger partial charge < -0.3 is 10.1 Å². The second kappa shape index (κ2) is 7.49. The van der Waals surface area contributed by atoms with Gasteiger partial charge in [0.1, 0.15) is 0 Å². The number of amides is 1. The summed E-state index contributed by atoms with van der Waals surface area (Å²) in [6.07, 6.45) is 0. The summed E-state index contributed by atoms with van der Waals surface area (Å²) in [7, 11) is 0. The molecule has 6 heteroatoms. The Bertz CT molecular complexity index is 739. The number of para-hydroxylation sites is 1. The van der Waals surface area contributed by atoms with E-state index in [4.69, 9.17) is 27.9 Å². The van der Waals surface area contributed by atoms with Crippen LogP contribution in [0.2, 0.25) is 10.0 Å². The van der Waals surface area contributed by atoms with Crippen molar-refractivity contribution in [3.05, 3.63) is 63.1 Å². The number of rotatable bonds is 4. The molecule has 4 nitrogen and oxygen atoms in total. The molecule has 0 saturated carbocycles. The zero-order chi connectivity index (χ0) is 17.0.